The van der Waals surface area contributed by atoms with Gasteiger partial charge in [0.25, 0.3) is 0 Å². The number of hydrogen-bond donors (Lipinski definition) is 1. The van der Waals surface area contributed by atoms with Crippen LogP contribution in [0.2, 0.25) is 0 Å². The van der Waals surface area contributed by atoms with E-state index in [1.54, 1.807) is 19.2 Å². The van der Waals surface area contributed by atoms with Crippen molar-refractivity contribution in [1.29, 1.82) is 0 Å². The van der Waals surface area contributed by atoms with Crippen LogP contribution >= 0.6 is 0 Å². The Kier molecular flexibility index (Phi) is 3.15. The lowest BCUT2D eigenvalue weighted by Crippen LogP contribution is -2.39. The van der Waals surface area contributed by atoms with Crippen LogP contribution in [0.4, 0.5) is 4.39 Å². The Morgan fingerprint density at radius 2 is 1.94 bits per heavy atom. The summed E-state index contributed by atoms with van der Waals surface area (Å²) in [5.74, 6) is 0.327. The largest absolute Gasteiger partial charge is 0.496 e. The molecule has 0 aliphatic heterocycles. The molecule has 3 heteroatoms. The van der Waals surface area contributed by atoms with E-state index in [-0.39, 0.29) is 5.82 Å². The van der Waals surface area contributed by atoms with Crippen molar-refractivity contribution in [3.63, 3.8) is 0 Å². The molecule has 2 nitrogen and oxygen atoms in total. The molecule has 88 valence electrons. The van der Waals surface area contributed by atoms with Gasteiger partial charge in [-0.1, -0.05) is 25.3 Å². The molecule has 0 aromatic heterocycles. The molecule has 0 saturated heterocycles. The van der Waals surface area contributed by atoms with Crippen molar-refractivity contribution in [2.75, 3.05) is 7.11 Å². The minimum atomic E-state index is -0.547. The lowest BCUT2D eigenvalue weighted by Gasteiger charge is -2.35. The fourth-order valence-corrected chi connectivity index (χ4v) is 2.59. The van der Waals surface area contributed by atoms with E-state index >= 15 is 0 Å². The Morgan fingerprint density at radius 3 is 2.56 bits per heavy atom. The van der Waals surface area contributed by atoms with Crippen LogP contribution in [-0.4, -0.2) is 7.11 Å². The van der Waals surface area contributed by atoms with Crippen molar-refractivity contribution in [2.45, 2.75) is 37.6 Å². The summed E-state index contributed by atoms with van der Waals surface area (Å²) in [6.07, 6.45) is 4.99. The van der Waals surface area contributed by atoms with Crippen LogP contribution in [0, 0.1) is 5.82 Å². The van der Waals surface area contributed by atoms with Crippen molar-refractivity contribution in [1.82, 2.24) is 0 Å². The van der Waals surface area contributed by atoms with Gasteiger partial charge in [0.1, 0.15) is 11.6 Å². The monoisotopic (exact) mass is 223 g/mol. The zero-order chi connectivity index (χ0) is 11.6. The van der Waals surface area contributed by atoms with E-state index in [9.17, 15) is 4.39 Å². The molecule has 1 saturated carbocycles. The molecule has 2 rings (SSSR count). The first-order valence-electron chi connectivity index (χ1n) is 5.79. The maximum absolute atomic E-state index is 13.9. The highest BCUT2D eigenvalue weighted by molar-refractivity contribution is 5.40. The Balaban J connectivity index is 2.44. The molecule has 0 unspecified atom stereocenters. The Morgan fingerprint density at radius 1 is 1.25 bits per heavy atom. The number of methoxy groups -OCH3 is 1. The molecule has 1 aliphatic rings. The van der Waals surface area contributed by atoms with Crippen LogP contribution in [0.1, 0.15) is 37.7 Å². The fraction of sp³-hybridized carbons (Fsp3) is 0.538. The molecule has 0 bridgehead atoms. The summed E-state index contributed by atoms with van der Waals surface area (Å²) >= 11 is 0. The summed E-state index contributed by atoms with van der Waals surface area (Å²) in [4.78, 5) is 0. The van der Waals surface area contributed by atoms with E-state index in [0.29, 0.717) is 11.3 Å². The number of rotatable bonds is 2. The zero-order valence-electron chi connectivity index (χ0n) is 9.63. The first kappa shape index (κ1) is 11.4. The lowest BCUT2D eigenvalue weighted by molar-refractivity contribution is 0.279. The highest BCUT2D eigenvalue weighted by Crippen LogP contribution is 2.40. The summed E-state index contributed by atoms with van der Waals surface area (Å²) in [7, 11) is 1.56. The van der Waals surface area contributed by atoms with Crippen LogP contribution in [0.25, 0.3) is 0 Å². The van der Waals surface area contributed by atoms with Gasteiger partial charge >= 0.3 is 0 Å². The summed E-state index contributed by atoms with van der Waals surface area (Å²) in [6.45, 7) is 0. The molecular formula is C13H18FNO. The van der Waals surface area contributed by atoms with Crippen molar-refractivity contribution >= 4 is 0 Å². The Hall–Kier alpha value is -1.09. The van der Waals surface area contributed by atoms with Gasteiger partial charge in [0, 0.05) is 11.1 Å². The first-order chi connectivity index (χ1) is 7.67. The SMILES string of the molecule is COc1cccc(F)c1C1(N)CCCCC1. The number of hydrogen-bond acceptors (Lipinski definition) is 2. The normalized spacial score (nSPS) is 19.4. The van der Waals surface area contributed by atoms with Crippen LogP contribution < -0.4 is 10.5 Å². The smallest absolute Gasteiger partial charge is 0.131 e. The number of ether oxygens (including phenoxy) is 1. The predicted octanol–water partition coefficient (Wildman–Crippen LogP) is 2.95. The Labute approximate surface area is 95.6 Å². The van der Waals surface area contributed by atoms with Crippen molar-refractivity contribution in [3.05, 3.63) is 29.6 Å². The summed E-state index contributed by atoms with van der Waals surface area (Å²) in [5.41, 5.74) is 6.34. The maximum Gasteiger partial charge on any atom is 0.131 e. The van der Waals surface area contributed by atoms with Gasteiger partial charge < -0.3 is 10.5 Å². The van der Waals surface area contributed by atoms with Crippen LogP contribution in [0.3, 0.4) is 0 Å². The van der Waals surface area contributed by atoms with Gasteiger partial charge in [-0.05, 0) is 25.0 Å². The van der Waals surface area contributed by atoms with Crippen molar-refractivity contribution in [3.8, 4) is 5.75 Å². The molecule has 1 aliphatic carbocycles. The van der Waals surface area contributed by atoms with Gasteiger partial charge in [0.05, 0.1) is 7.11 Å². The van der Waals surface area contributed by atoms with Crippen LogP contribution in [-0.2, 0) is 5.54 Å². The van der Waals surface area contributed by atoms with Gasteiger partial charge in [-0.15, -0.1) is 0 Å². The molecule has 2 N–H and O–H groups in total. The third-order valence-corrected chi connectivity index (χ3v) is 3.44. The molecule has 0 amide bonds. The quantitative estimate of drug-likeness (QED) is 0.836. The molecule has 0 heterocycles. The Bertz CT molecular complexity index is 372. The lowest BCUT2D eigenvalue weighted by atomic mass is 9.77. The van der Waals surface area contributed by atoms with E-state index in [1.807, 2.05) is 0 Å². The van der Waals surface area contributed by atoms with E-state index in [0.717, 1.165) is 25.7 Å². The molecule has 1 fully saturated rings. The third-order valence-electron chi connectivity index (χ3n) is 3.44. The van der Waals surface area contributed by atoms with E-state index in [2.05, 4.69) is 0 Å². The van der Waals surface area contributed by atoms with Gasteiger partial charge in [0.15, 0.2) is 0 Å². The molecule has 0 spiro atoms. The molecule has 1 aromatic carbocycles. The zero-order valence-corrected chi connectivity index (χ0v) is 9.63. The minimum absolute atomic E-state index is 0.247. The summed E-state index contributed by atoms with van der Waals surface area (Å²) < 4.78 is 19.1. The fourth-order valence-electron chi connectivity index (χ4n) is 2.59. The maximum atomic E-state index is 13.9. The van der Waals surface area contributed by atoms with Crippen molar-refractivity contribution in [2.24, 2.45) is 5.73 Å². The average Bonchev–Trinajstić information content (AvgIpc) is 2.29. The molecule has 0 atom stereocenters. The van der Waals surface area contributed by atoms with E-state index in [1.165, 1.54) is 12.5 Å². The van der Waals surface area contributed by atoms with Gasteiger partial charge in [0.2, 0.25) is 0 Å². The summed E-state index contributed by atoms with van der Waals surface area (Å²) in [5, 5.41) is 0. The second kappa shape index (κ2) is 4.42. The third kappa shape index (κ3) is 1.92. The second-order valence-corrected chi connectivity index (χ2v) is 4.53. The molecule has 0 radical (unpaired) electrons. The molecule has 1 aromatic rings. The standard InChI is InChI=1S/C13H18FNO/c1-16-11-7-5-6-10(14)12(11)13(15)8-3-2-4-9-13/h5-7H,2-4,8-9,15H2,1H3. The predicted molar refractivity (Wildman–Crippen MR) is 61.9 cm³/mol. The van der Waals surface area contributed by atoms with Crippen molar-refractivity contribution < 1.29 is 9.13 Å². The number of halogens is 1. The van der Waals surface area contributed by atoms with E-state index in [4.69, 9.17) is 10.5 Å². The number of benzene rings is 1. The van der Waals surface area contributed by atoms with Crippen LogP contribution in [0.5, 0.6) is 5.75 Å². The van der Waals surface area contributed by atoms with Gasteiger partial charge in [-0.3, -0.25) is 0 Å². The highest BCUT2D eigenvalue weighted by Gasteiger charge is 2.34. The topological polar surface area (TPSA) is 35.2 Å². The summed E-state index contributed by atoms with van der Waals surface area (Å²) in [6, 6.07) is 4.90. The van der Waals surface area contributed by atoms with Gasteiger partial charge in [-0.25, -0.2) is 4.39 Å². The van der Waals surface area contributed by atoms with E-state index < -0.39 is 5.54 Å². The number of nitrogens with two attached hydrogens (primary N) is 1. The molecular weight excluding hydrogens is 205 g/mol. The van der Waals surface area contributed by atoms with Crippen LogP contribution in [0.15, 0.2) is 18.2 Å². The first-order valence-corrected chi connectivity index (χ1v) is 5.79. The molecule has 16 heavy (non-hydrogen) atoms. The minimum Gasteiger partial charge on any atom is -0.496 e. The average molecular weight is 223 g/mol. The second-order valence-electron chi connectivity index (χ2n) is 4.53. The van der Waals surface area contributed by atoms with Gasteiger partial charge in [-0.2, -0.15) is 0 Å². The highest BCUT2D eigenvalue weighted by atomic mass is 19.1.